The molecule has 0 aromatic rings. The van der Waals surface area contributed by atoms with E-state index in [0.29, 0.717) is 24.2 Å². The Morgan fingerprint density at radius 1 is 0.600 bits per heavy atom. The van der Waals surface area contributed by atoms with Crippen LogP contribution in [0.3, 0.4) is 0 Å². The molecule has 0 saturated heterocycles. The summed E-state index contributed by atoms with van der Waals surface area (Å²) in [7, 11) is 0. The summed E-state index contributed by atoms with van der Waals surface area (Å²) in [5.41, 5.74) is 0. The van der Waals surface area contributed by atoms with Gasteiger partial charge in [0.25, 0.3) is 0 Å². The van der Waals surface area contributed by atoms with E-state index in [9.17, 15) is 0 Å². The molecule has 0 amide bonds. The van der Waals surface area contributed by atoms with Gasteiger partial charge in [0, 0.05) is 24.2 Å². The summed E-state index contributed by atoms with van der Waals surface area (Å²) in [6.45, 7) is 22.2. The van der Waals surface area contributed by atoms with Crippen LogP contribution in [0.1, 0.15) is 55.4 Å². The third kappa shape index (κ3) is 9.42. The van der Waals surface area contributed by atoms with Gasteiger partial charge in [0.1, 0.15) is 0 Å². The second-order valence-electron chi connectivity index (χ2n) is 6.52. The molecule has 0 aliphatic carbocycles. The normalized spacial score (nSPS) is 12.3. The molecule has 0 aliphatic heterocycles. The Labute approximate surface area is 140 Å². The Morgan fingerprint density at radius 2 is 0.850 bits per heavy atom. The van der Waals surface area contributed by atoms with E-state index in [2.05, 4.69) is 65.2 Å². The summed E-state index contributed by atoms with van der Waals surface area (Å²) in [5, 5.41) is 4.70. The predicted octanol–water partition coefficient (Wildman–Crippen LogP) is 0.602. The van der Waals surface area contributed by atoms with Gasteiger partial charge in [-0.3, -0.25) is 0 Å². The number of hydrogen-bond donors (Lipinski definition) is 0. The predicted molar refractivity (Wildman–Crippen MR) is 87.0 cm³/mol. The smallest absolute Gasteiger partial charge is 0.660 e. The molecule has 0 saturated carbocycles. The molecule has 4 heteroatoms. The van der Waals surface area contributed by atoms with Crippen molar-refractivity contribution < 1.29 is 18.9 Å². The molecule has 0 spiro atoms. The van der Waals surface area contributed by atoms with Gasteiger partial charge in [-0.15, -0.1) is 13.1 Å². The minimum absolute atomic E-state index is 0. The first-order valence-corrected chi connectivity index (χ1v) is 7.92. The summed E-state index contributed by atoms with van der Waals surface area (Å²) in [6.07, 6.45) is 0. The van der Waals surface area contributed by atoms with Crippen molar-refractivity contribution >= 4 is 0 Å². The fourth-order valence-corrected chi connectivity index (χ4v) is 2.71. The Bertz CT molecular complexity index is 180. The van der Waals surface area contributed by atoms with Crippen molar-refractivity contribution in [1.29, 1.82) is 0 Å². The van der Waals surface area contributed by atoms with Crippen molar-refractivity contribution in [2.24, 2.45) is 0 Å². The van der Waals surface area contributed by atoms with Crippen LogP contribution in [-0.4, -0.2) is 60.1 Å². The quantitative estimate of drug-likeness (QED) is 0.431. The molecule has 0 radical (unpaired) electrons. The summed E-state index contributed by atoms with van der Waals surface area (Å²) >= 11 is 0. The monoisotopic (exact) mass is 277 g/mol. The summed E-state index contributed by atoms with van der Waals surface area (Å²) in [4.78, 5) is 5.01. The van der Waals surface area contributed by atoms with Crippen molar-refractivity contribution in [2.75, 3.05) is 26.2 Å². The Kier molecular flexibility index (Phi) is 13.7. The van der Waals surface area contributed by atoms with Crippen molar-refractivity contribution in [3.05, 3.63) is 5.32 Å². The van der Waals surface area contributed by atoms with Crippen molar-refractivity contribution in [2.45, 2.75) is 79.6 Å². The molecule has 0 bridgehead atoms. The van der Waals surface area contributed by atoms with Gasteiger partial charge in [0.05, 0.1) is 0 Å². The fraction of sp³-hybridized carbons (Fsp3) is 1.00. The van der Waals surface area contributed by atoms with Gasteiger partial charge in [-0.2, -0.15) is 0 Å². The molecule has 0 fully saturated rings. The van der Waals surface area contributed by atoms with Crippen LogP contribution in [0.2, 0.25) is 0 Å². The molecule has 0 aliphatic rings. The summed E-state index contributed by atoms with van der Waals surface area (Å²) in [6, 6.07) is 2.44. The molecule has 0 N–H and O–H groups in total. The molecule has 0 unspecified atom stereocenters. The zero-order chi connectivity index (χ0) is 15.0. The second-order valence-corrected chi connectivity index (χ2v) is 6.52. The maximum Gasteiger partial charge on any atom is 1.00 e. The van der Waals surface area contributed by atoms with E-state index in [1.165, 1.54) is 0 Å². The van der Waals surface area contributed by atoms with Crippen molar-refractivity contribution in [1.82, 2.24) is 9.80 Å². The van der Waals surface area contributed by atoms with Crippen LogP contribution in [0, 0.1) is 0 Å². The molecule has 0 atom stereocenters. The Morgan fingerprint density at radius 3 is 1.05 bits per heavy atom. The van der Waals surface area contributed by atoms with Crippen LogP contribution in [-0.2, 0) is 0 Å². The first kappa shape index (κ1) is 22.8. The number of hydrogen-bond acceptors (Lipinski definition) is 2. The van der Waals surface area contributed by atoms with Gasteiger partial charge >= 0.3 is 18.9 Å². The summed E-state index contributed by atoms with van der Waals surface area (Å²) < 4.78 is 0. The van der Waals surface area contributed by atoms with Crippen LogP contribution >= 0.6 is 0 Å². The molecular formula is C16H36LiN3. The molecule has 0 aromatic heterocycles. The van der Waals surface area contributed by atoms with Crippen LogP contribution < -0.4 is 18.9 Å². The van der Waals surface area contributed by atoms with Gasteiger partial charge in [-0.25, -0.2) is 0 Å². The maximum absolute atomic E-state index is 4.70. The standard InChI is InChI=1S/C16H36N3.Li/c1-13(2)18(14(3)4)11-9-17-10-12-19(15(5)6)16(7)8;/h13-16H,9-12H2,1-8H3;/q-1;+1. The molecule has 3 nitrogen and oxygen atoms in total. The van der Waals surface area contributed by atoms with E-state index in [0.717, 1.165) is 26.2 Å². The van der Waals surface area contributed by atoms with Crippen LogP contribution in [0.5, 0.6) is 0 Å². The third-order valence-corrected chi connectivity index (χ3v) is 3.69. The Hall–Kier alpha value is 0.477. The summed E-state index contributed by atoms with van der Waals surface area (Å²) in [5.74, 6) is 0. The second kappa shape index (κ2) is 12.1. The van der Waals surface area contributed by atoms with Crippen LogP contribution in [0.4, 0.5) is 0 Å². The van der Waals surface area contributed by atoms with Gasteiger partial charge < -0.3 is 15.1 Å². The maximum atomic E-state index is 4.70. The molecule has 0 aromatic carbocycles. The minimum Gasteiger partial charge on any atom is -0.660 e. The molecular weight excluding hydrogens is 241 g/mol. The molecule has 20 heavy (non-hydrogen) atoms. The first-order valence-electron chi connectivity index (χ1n) is 7.92. The molecule has 0 heterocycles. The van der Waals surface area contributed by atoms with E-state index < -0.39 is 0 Å². The SMILES string of the molecule is CC(C)N(CC[N-]CCN(C(C)C)C(C)C)C(C)C.[Li+]. The zero-order valence-electron chi connectivity index (χ0n) is 15.5. The third-order valence-electron chi connectivity index (χ3n) is 3.69. The van der Waals surface area contributed by atoms with Gasteiger partial charge in [0.2, 0.25) is 0 Å². The number of nitrogens with zero attached hydrogens (tertiary/aromatic N) is 3. The van der Waals surface area contributed by atoms with E-state index in [1.54, 1.807) is 0 Å². The average Bonchev–Trinajstić information content (AvgIpc) is 2.25. The fourth-order valence-electron chi connectivity index (χ4n) is 2.71. The molecule has 0 rings (SSSR count). The van der Waals surface area contributed by atoms with Gasteiger partial charge in [-0.05, 0) is 68.5 Å². The number of rotatable bonds is 10. The topological polar surface area (TPSA) is 20.6 Å². The van der Waals surface area contributed by atoms with E-state index in [4.69, 9.17) is 5.32 Å². The molecule has 116 valence electrons. The first-order chi connectivity index (χ1) is 8.77. The average molecular weight is 277 g/mol. The van der Waals surface area contributed by atoms with Gasteiger partial charge in [-0.1, -0.05) is 0 Å². The van der Waals surface area contributed by atoms with E-state index in [1.807, 2.05) is 0 Å². The van der Waals surface area contributed by atoms with Crippen LogP contribution in [0.15, 0.2) is 0 Å². The van der Waals surface area contributed by atoms with Crippen molar-refractivity contribution in [3.63, 3.8) is 0 Å². The van der Waals surface area contributed by atoms with Crippen molar-refractivity contribution in [3.8, 4) is 0 Å². The largest absolute Gasteiger partial charge is 1.00 e. The van der Waals surface area contributed by atoms with E-state index >= 15 is 0 Å². The van der Waals surface area contributed by atoms with Crippen LogP contribution in [0.25, 0.3) is 5.32 Å². The van der Waals surface area contributed by atoms with E-state index in [-0.39, 0.29) is 18.9 Å². The van der Waals surface area contributed by atoms with Gasteiger partial charge in [0.15, 0.2) is 0 Å². The minimum atomic E-state index is 0. The Balaban J connectivity index is 0. The zero-order valence-corrected chi connectivity index (χ0v) is 15.5.